The number of imidazole rings is 1. The van der Waals surface area contributed by atoms with Crippen LogP contribution in [0.4, 0.5) is 5.69 Å². The Labute approximate surface area is 136 Å². The van der Waals surface area contributed by atoms with E-state index in [1.54, 1.807) is 55.7 Å². The van der Waals surface area contributed by atoms with Crippen LogP contribution in [0.1, 0.15) is 15.9 Å². The Hall–Kier alpha value is -3.41. The van der Waals surface area contributed by atoms with Crippen LogP contribution in [0.5, 0.6) is 0 Å². The van der Waals surface area contributed by atoms with Crippen molar-refractivity contribution in [3.8, 4) is 0 Å². The fraction of sp³-hybridized carbons (Fsp3) is 0.0556. The summed E-state index contributed by atoms with van der Waals surface area (Å²) in [6, 6.07) is 12.1. The molecule has 0 saturated carbocycles. The lowest BCUT2D eigenvalue weighted by Crippen LogP contribution is -2.29. The van der Waals surface area contributed by atoms with E-state index in [-0.39, 0.29) is 5.56 Å². The van der Waals surface area contributed by atoms with Crippen LogP contribution in [0.3, 0.4) is 0 Å². The maximum absolute atomic E-state index is 13.0. The van der Waals surface area contributed by atoms with Crippen molar-refractivity contribution in [2.75, 3.05) is 5.73 Å². The van der Waals surface area contributed by atoms with E-state index in [9.17, 15) is 9.59 Å². The zero-order chi connectivity index (χ0) is 16.8. The van der Waals surface area contributed by atoms with Crippen LogP contribution in [0.15, 0.2) is 53.6 Å². The summed E-state index contributed by atoms with van der Waals surface area (Å²) in [5.74, 6) is -0.393. The third kappa shape index (κ3) is 2.08. The van der Waals surface area contributed by atoms with Crippen LogP contribution in [-0.2, 0) is 0 Å². The molecule has 24 heavy (non-hydrogen) atoms. The van der Waals surface area contributed by atoms with Gasteiger partial charge in [0.25, 0.3) is 11.5 Å². The molecule has 4 aromatic rings. The smallest absolute Gasteiger partial charge is 0.265 e. The van der Waals surface area contributed by atoms with E-state index in [0.717, 1.165) is 16.4 Å². The van der Waals surface area contributed by atoms with Crippen molar-refractivity contribution in [1.29, 1.82) is 0 Å². The average Bonchev–Trinajstić information content (AvgIpc) is 3.03. The van der Waals surface area contributed by atoms with E-state index in [1.807, 2.05) is 0 Å². The number of aromatic amines is 1. The summed E-state index contributed by atoms with van der Waals surface area (Å²) >= 11 is 0. The quantitative estimate of drug-likeness (QED) is 0.527. The molecule has 0 spiro atoms. The van der Waals surface area contributed by atoms with Gasteiger partial charge in [-0.25, -0.2) is 9.55 Å². The van der Waals surface area contributed by atoms with Crippen molar-refractivity contribution in [1.82, 2.24) is 14.5 Å². The molecule has 2 aromatic heterocycles. The highest BCUT2D eigenvalue weighted by atomic mass is 16.2. The minimum absolute atomic E-state index is 0.345. The number of fused-ring (bicyclic) bond motifs is 2. The van der Waals surface area contributed by atoms with Gasteiger partial charge in [0.1, 0.15) is 0 Å². The third-order valence-corrected chi connectivity index (χ3v) is 4.08. The first-order valence-corrected chi connectivity index (χ1v) is 7.44. The Morgan fingerprint density at radius 3 is 2.83 bits per heavy atom. The van der Waals surface area contributed by atoms with Gasteiger partial charge in [0, 0.05) is 16.8 Å². The fourth-order valence-corrected chi connectivity index (χ4v) is 2.86. The van der Waals surface area contributed by atoms with Gasteiger partial charge in [-0.05, 0) is 48.7 Å². The molecule has 0 unspecified atom stereocenters. The van der Waals surface area contributed by atoms with Gasteiger partial charge in [-0.15, -0.1) is 0 Å². The molecular formula is C18H14N4O2. The molecule has 118 valence electrons. The SMILES string of the molecule is Cc1cc2ccc(N)cc2n(C(=O)c2ccc3nc[nH]c3c2)c1=O. The Morgan fingerprint density at radius 2 is 2.00 bits per heavy atom. The van der Waals surface area contributed by atoms with E-state index in [0.29, 0.717) is 22.3 Å². The second kappa shape index (κ2) is 5.06. The molecule has 0 fully saturated rings. The topological polar surface area (TPSA) is 93.8 Å². The number of pyridine rings is 1. The molecule has 4 rings (SSSR count). The number of hydrogen-bond donors (Lipinski definition) is 2. The molecule has 3 N–H and O–H groups in total. The number of anilines is 1. The van der Waals surface area contributed by atoms with E-state index in [2.05, 4.69) is 9.97 Å². The summed E-state index contributed by atoms with van der Waals surface area (Å²) in [6.45, 7) is 1.69. The molecule has 0 bridgehead atoms. The van der Waals surface area contributed by atoms with E-state index in [1.165, 1.54) is 4.57 Å². The van der Waals surface area contributed by atoms with Crippen molar-refractivity contribution in [2.45, 2.75) is 6.92 Å². The van der Waals surface area contributed by atoms with Gasteiger partial charge in [-0.3, -0.25) is 9.59 Å². The number of aryl methyl sites for hydroxylation is 1. The van der Waals surface area contributed by atoms with Gasteiger partial charge in [-0.2, -0.15) is 0 Å². The maximum Gasteiger partial charge on any atom is 0.265 e. The number of nitrogen functional groups attached to an aromatic ring is 1. The van der Waals surface area contributed by atoms with Crippen molar-refractivity contribution in [3.63, 3.8) is 0 Å². The summed E-state index contributed by atoms with van der Waals surface area (Å²) in [5, 5.41) is 0.789. The maximum atomic E-state index is 13.0. The number of rotatable bonds is 1. The van der Waals surface area contributed by atoms with Crippen molar-refractivity contribution in [2.24, 2.45) is 0 Å². The van der Waals surface area contributed by atoms with Gasteiger partial charge >= 0.3 is 0 Å². The third-order valence-electron chi connectivity index (χ3n) is 4.08. The molecule has 2 heterocycles. The number of carbonyl (C=O) groups excluding carboxylic acids is 1. The molecular weight excluding hydrogens is 304 g/mol. The van der Waals surface area contributed by atoms with Crippen molar-refractivity contribution < 1.29 is 4.79 Å². The van der Waals surface area contributed by atoms with Crippen molar-refractivity contribution >= 4 is 33.5 Å². The number of nitrogens with zero attached hydrogens (tertiary/aromatic N) is 2. The van der Waals surface area contributed by atoms with Gasteiger partial charge in [0.15, 0.2) is 0 Å². The number of benzene rings is 2. The molecule has 0 amide bonds. The highest BCUT2D eigenvalue weighted by Crippen LogP contribution is 2.19. The number of aromatic nitrogens is 3. The zero-order valence-electron chi connectivity index (χ0n) is 12.9. The molecule has 0 aliphatic rings. The van der Waals surface area contributed by atoms with Gasteiger partial charge in [0.2, 0.25) is 0 Å². The lowest BCUT2D eigenvalue weighted by atomic mass is 10.1. The lowest BCUT2D eigenvalue weighted by Gasteiger charge is -2.11. The van der Waals surface area contributed by atoms with E-state index >= 15 is 0 Å². The zero-order valence-corrected chi connectivity index (χ0v) is 12.9. The van der Waals surface area contributed by atoms with Crippen LogP contribution in [0, 0.1) is 6.92 Å². The predicted molar refractivity (Wildman–Crippen MR) is 93.2 cm³/mol. The number of nitrogens with one attached hydrogen (secondary N) is 1. The molecule has 6 nitrogen and oxygen atoms in total. The van der Waals surface area contributed by atoms with E-state index < -0.39 is 5.91 Å². The summed E-state index contributed by atoms with van der Waals surface area (Å²) in [4.78, 5) is 32.7. The van der Waals surface area contributed by atoms with Crippen LogP contribution in [0.2, 0.25) is 0 Å². The largest absolute Gasteiger partial charge is 0.399 e. The minimum Gasteiger partial charge on any atom is -0.399 e. The Morgan fingerprint density at radius 1 is 1.17 bits per heavy atom. The Balaban J connectivity index is 2.00. The normalized spacial score (nSPS) is 11.2. The summed E-state index contributed by atoms with van der Waals surface area (Å²) in [5.41, 5.74) is 8.90. The lowest BCUT2D eigenvalue weighted by molar-refractivity contribution is 0.0961. The molecule has 0 aliphatic heterocycles. The number of nitrogens with two attached hydrogens (primary N) is 1. The van der Waals surface area contributed by atoms with Gasteiger partial charge in [0.05, 0.1) is 22.9 Å². The minimum atomic E-state index is -0.393. The monoisotopic (exact) mass is 318 g/mol. The molecule has 0 aliphatic carbocycles. The number of hydrogen-bond acceptors (Lipinski definition) is 4. The van der Waals surface area contributed by atoms with Crippen LogP contribution < -0.4 is 11.3 Å². The Bertz CT molecular complexity index is 1170. The molecule has 6 heteroatoms. The van der Waals surface area contributed by atoms with E-state index in [4.69, 9.17) is 5.73 Å². The first kappa shape index (κ1) is 14.2. The average molecular weight is 318 g/mol. The fourth-order valence-electron chi connectivity index (χ4n) is 2.86. The van der Waals surface area contributed by atoms with Crippen LogP contribution in [-0.4, -0.2) is 20.4 Å². The summed E-state index contributed by atoms with van der Waals surface area (Å²) in [6.07, 6.45) is 1.56. The van der Waals surface area contributed by atoms with Gasteiger partial charge in [-0.1, -0.05) is 6.07 Å². The second-order valence-corrected chi connectivity index (χ2v) is 5.73. The number of H-pyrrole nitrogens is 1. The molecule has 0 radical (unpaired) electrons. The highest BCUT2D eigenvalue weighted by molar-refractivity contribution is 6.03. The molecule has 0 saturated heterocycles. The Kier molecular flexibility index (Phi) is 2.99. The number of carbonyl (C=O) groups is 1. The first-order valence-electron chi connectivity index (χ1n) is 7.44. The summed E-state index contributed by atoms with van der Waals surface area (Å²) < 4.78 is 1.18. The first-order chi connectivity index (χ1) is 11.5. The van der Waals surface area contributed by atoms with Crippen molar-refractivity contribution in [3.05, 3.63) is 70.3 Å². The van der Waals surface area contributed by atoms with Crippen LogP contribution >= 0.6 is 0 Å². The molecule has 2 aromatic carbocycles. The second-order valence-electron chi connectivity index (χ2n) is 5.73. The van der Waals surface area contributed by atoms with Gasteiger partial charge < -0.3 is 10.7 Å². The highest BCUT2D eigenvalue weighted by Gasteiger charge is 2.16. The summed E-state index contributed by atoms with van der Waals surface area (Å²) in [7, 11) is 0. The molecule has 0 atom stereocenters. The standard InChI is InChI=1S/C18H14N4O2/c1-10-6-11-2-4-13(19)8-16(11)22(17(10)23)18(24)12-3-5-14-15(7-12)21-9-20-14/h2-9H,19H2,1H3,(H,20,21). The predicted octanol–water partition coefficient (Wildman–Crippen LogP) is 2.46. The van der Waals surface area contributed by atoms with Crippen LogP contribution in [0.25, 0.3) is 21.9 Å².